The average molecular weight is 378 g/mol. The van der Waals surface area contributed by atoms with Crippen LogP contribution in [0.5, 0.6) is 5.75 Å². The minimum atomic E-state index is -0.128. The van der Waals surface area contributed by atoms with E-state index in [1.165, 1.54) is 0 Å². The van der Waals surface area contributed by atoms with Gasteiger partial charge in [0.1, 0.15) is 5.75 Å². The van der Waals surface area contributed by atoms with E-state index in [4.69, 9.17) is 16.3 Å². The lowest BCUT2D eigenvalue weighted by molar-refractivity contribution is 0.0828. The molecule has 3 aromatic rings. The van der Waals surface area contributed by atoms with Crippen molar-refractivity contribution in [3.63, 3.8) is 0 Å². The second kappa shape index (κ2) is 8.56. The number of nitrogens with zero attached hydrogens (tertiary/aromatic N) is 1. The van der Waals surface area contributed by atoms with Crippen molar-refractivity contribution in [3.8, 4) is 5.75 Å². The number of halogens is 1. The smallest absolute Gasteiger partial charge is 0.258 e. The highest BCUT2D eigenvalue weighted by Gasteiger charge is 2.20. The Morgan fingerprint density at radius 2 is 1.52 bits per heavy atom. The van der Waals surface area contributed by atoms with Crippen LogP contribution in [0.4, 0.5) is 0 Å². The maximum Gasteiger partial charge on any atom is 0.258 e. The lowest BCUT2D eigenvalue weighted by Gasteiger charge is -2.25. The zero-order valence-corrected chi connectivity index (χ0v) is 15.8. The predicted molar refractivity (Wildman–Crippen MR) is 110 cm³/mol. The summed E-state index contributed by atoms with van der Waals surface area (Å²) in [5.41, 5.74) is 3.06. The summed E-state index contributed by atoms with van der Waals surface area (Å²) in [4.78, 5) is 14.9. The zero-order chi connectivity index (χ0) is 19.2. The fraction of sp³-hybridized carbons (Fsp3) is 0.0870. The number of carbonyl (C=O) groups is 1. The average Bonchev–Trinajstić information content (AvgIpc) is 2.72. The van der Waals surface area contributed by atoms with Crippen molar-refractivity contribution in [2.45, 2.75) is 6.54 Å². The molecule has 0 aliphatic carbocycles. The van der Waals surface area contributed by atoms with E-state index < -0.39 is 0 Å². The van der Waals surface area contributed by atoms with Gasteiger partial charge >= 0.3 is 0 Å². The topological polar surface area (TPSA) is 29.5 Å². The molecule has 0 bridgehead atoms. The van der Waals surface area contributed by atoms with E-state index in [2.05, 4.69) is 6.58 Å². The van der Waals surface area contributed by atoms with E-state index in [1.54, 1.807) is 36.3 Å². The normalized spacial score (nSPS) is 10.3. The first-order valence-electron chi connectivity index (χ1n) is 8.53. The molecule has 0 spiro atoms. The Morgan fingerprint density at radius 3 is 2.11 bits per heavy atom. The van der Waals surface area contributed by atoms with Crippen LogP contribution in [-0.2, 0) is 6.54 Å². The fourth-order valence-corrected chi connectivity index (χ4v) is 2.87. The number of methoxy groups -OCH3 is 1. The molecule has 136 valence electrons. The molecule has 0 heterocycles. The number of hydrogen-bond donors (Lipinski definition) is 0. The Kier molecular flexibility index (Phi) is 5.94. The third-order valence-corrected chi connectivity index (χ3v) is 4.52. The molecule has 3 aromatic carbocycles. The van der Waals surface area contributed by atoms with Crippen LogP contribution < -0.4 is 4.74 Å². The van der Waals surface area contributed by atoms with Crippen LogP contribution >= 0.6 is 11.6 Å². The van der Waals surface area contributed by atoms with Gasteiger partial charge in [-0.2, -0.15) is 0 Å². The molecule has 27 heavy (non-hydrogen) atoms. The van der Waals surface area contributed by atoms with Gasteiger partial charge < -0.3 is 9.64 Å². The lowest BCUT2D eigenvalue weighted by Crippen LogP contribution is -2.28. The Balaban J connectivity index is 1.94. The fourth-order valence-electron chi connectivity index (χ4n) is 2.74. The van der Waals surface area contributed by atoms with E-state index in [9.17, 15) is 4.79 Å². The minimum absolute atomic E-state index is 0.128. The first kappa shape index (κ1) is 18.7. The van der Waals surface area contributed by atoms with E-state index in [-0.39, 0.29) is 5.91 Å². The van der Waals surface area contributed by atoms with Crippen LogP contribution in [0.3, 0.4) is 0 Å². The predicted octanol–water partition coefficient (Wildman–Crippen LogP) is 5.66. The van der Waals surface area contributed by atoms with Crippen LogP contribution in [-0.4, -0.2) is 17.9 Å². The van der Waals surface area contributed by atoms with E-state index >= 15 is 0 Å². The summed E-state index contributed by atoms with van der Waals surface area (Å²) in [7, 11) is 1.62. The van der Waals surface area contributed by atoms with Gasteiger partial charge in [0.2, 0.25) is 0 Å². The molecular weight excluding hydrogens is 358 g/mol. The number of hydrogen-bond acceptors (Lipinski definition) is 2. The van der Waals surface area contributed by atoms with Crippen molar-refractivity contribution < 1.29 is 9.53 Å². The van der Waals surface area contributed by atoms with E-state index in [0.29, 0.717) is 22.8 Å². The standard InChI is InChI=1S/C23H20ClNO2/c1-17(19-10-14-22(27-2)15-11-19)25(16-18-6-4-3-5-7-18)23(26)20-8-12-21(24)13-9-20/h3-15H,1,16H2,2H3. The van der Waals surface area contributed by atoms with Gasteiger partial charge in [-0.15, -0.1) is 0 Å². The Labute approximate surface area is 164 Å². The molecule has 3 nitrogen and oxygen atoms in total. The number of benzene rings is 3. The summed E-state index contributed by atoms with van der Waals surface area (Å²) in [5.74, 6) is 0.626. The highest BCUT2D eigenvalue weighted by molar-refractivity contribution is 6.30. The van der Waals surface area contributed by atoms with Crippen LogP contribution in [0.25, 0.3) is 5.70 Å². The lowest BCUT2D eigenvalue weighted by atomic mass is 10.1. The summed E-state index contributed by atoms with van der Waals surface area (Å²) in [6.07, 6.45) is 0. The first-order valence-corrected chi connectivity index (χ1v) is 8.91. The molecule has 3 rings (SSSR count). The largest absolute Gasteiger partial charge is 0.497 e. The second-order valence-corrected chi connectivity index (χ2v) is 6.50. The van der Waals surface area contributed by atoms with Crippen LogP contribution in [0.1, 0.15) is 21.5 Å². The van der Waals surface area contributed by atoms with Crippen LogP contribution in [0.15, 0.2) is 85.4 Å². The number of amides is 1. The molecule has 0 unspecified atom stereocenters. The van der Waals surface area contributed by atoms with Gasteiger partial charge in [-0.3, -0.25) is 4.79 Å². The van der Waals surface area contributed by atoms with E-state index in [0.717, 1.165) is 16.9 Å². The van der Waals surface area contributed by atoms with Gasteiger partial charge in [0, 0.05) is 16.3 Å². The summed E-state index contributed by atoms with van der Waals surface area (Å²) in [6.45, 7) is 4.60. The quantitative estimate of drug-likeness (QED) is 0.554. The summed E-state index contributed by atoms with van der Waals surface area (Å²) in [5, 5.41) is 0.593. The van der Waals surface area contributed by atoms with Gasteiger partial charge in [-0.05, 0) is 59.7 Å². The number of carbonyl (C=O) groups excluding carboxylic acids is 1. The molecule has 0 saturated heterocycles. The SMILES string of the molecule is C=C(c1ccc(OC)cc1)N(Cc1ccccc1)C(=O)c1ccc(Cl)cc1. The highest BCUT2D eigenvalue weighted by Crippen LogP contribution is 2.25. The summed E-state index contributed by atoms with van der Waals surface area (Å²) in [6, 6.07) is 24.2. The summed E-state index contributed by atoms with van der Waals surface area (Å²) < 4.78 is 5.21. The van der Waals surface area contributed by atoms with Crippen molar-refractivity contribution in [1.29, 1.82) is 0 Å². The molecule has 4 heteroatoms. The van der Waals surface area contributed by atoms with Gasteiger partial charge in [-0.25, -0.2) is 0 Å². The van der Waals surface area contributed by atoms with Gasteiger partial charge in [0.05, 0.1) is 13.7 Å². The number of rotatable bonds is 6. The highest BCUT2D eigenvalue weighted by atomic mass is 35.5. The molecular formula is C23H20ClNO2. The molecule has 0 aliphatic rings. The van der Waals surface area contributed by atoms with Crippen LogP contribution in [0, 0.1) is 0 Å². The maximum atomic E-state index is 13.2. The molecule has 0 aliphatic heterocycles. The Hall–Kier alpha value is -3.04. The third kappa shape index (κ3) is 4.57. The molecule has 0 radical (unpaired) electrons. The maximum absolute atomic E-state index is 13.2. The Bertz CT molecular complexity index is 919. The van der Waals surface area contributed by atoms with Crippen LogP contribution in [0.2, 0.25) is 5.02 Å². The molecule has 0 aromatic heterocycles. The molecule has 0 saturated carbocycles. The molecule has 0 fully saturated rings. The van der Waals surface area contributed by atoms with E-state index in [1.807, 2.05) is 54.6 Å². The second-order valence-electron chi connectivity index (χ2n) is 6.06. The number of ether oxygens (including phenoxy) is 1. The van der Waals surface area contributed by atoms with Crippen molar-refractivity contribution in [1.82, 2.24) is 4.90 Å². The monoisotopic (exact) mass is 377 g/mol. The first-order chi connectivity index (χ1) is 13.1. The van der Waals surface area contributed by atoms with Gasteiger partial charge in [0.15, 0.2) is 0 Å². The molecule has 0 N–H and O–H groups in total. The molecule has 1 amide bonds. The van der Waals surface area contributed by atoms with Crippen molar-refractivity contribution in [2.24, 2.45) is 0 Å². The van der Waals surface area contributed by atoms with Crippen molar-refractivity contribution in [3.05, 3.63) is 107 Å². The zero-order valence-electron chi connectivity index (χ0n) is 15.1. The third-order valence-electron chi connectivity index (χ3n) is 4.27. The van der Waals surface area contributed by atoms with Crippen molar-refractivity contribution in [2.75, 3.05) is 7.11 Å². The Morgan fingerprint density at radius 1 is 0.926 bits per heavy atom. The van der Waals surface area contributed by atoms with Crippen molar-refractivity contribution >= 4 is 23.2 Å². The molecule has 0 atom stereocenters. The summed E-state index contributed by atoms with van der Waals surface area (Å²) >= 11 is 5.96. The van der Waals surface area contributed by atoms with Gasteiger partial charge in [0.25, 0.3) is 5.91 Å². The van der Waals surface area contributed by atoms with Gasteiger partial charge in [-0.1, -0.05) is 48.5 Å². The minimum Gasteiger partial charge on any atom is -0.497 e.